The van der Waals surface area contributed by atoms with Gasteiger partial charge in [0.2, 0.25) is 0 Å². The van der Waals surface area contributed by atoms with E-state index in [1.54, 1.807) is 0 Å². The van der Waals surface area contributed by atoms with Gasteiger partial charge in [0, 0.05) is 24.5 Å². The first-order valence-electron chi connectivity index (χ1n) is 4.12. The molecule has 2 nitrogen and oxygen atoms in total. The van der Waals surface area contributed by atoms with Gasteiger partial charge in [-0.1, -0.05) is 0 Å². The molecule has 1 heterocycles. The van der Waals surface area contributed by atoms with Crippen molar-refractivity contribution >= 4 is 5.78 Å². The summed E-state index contributed by atoms with van der Waals surface area (Å²) in [4.78, 5) is 10.8. The molecule has 0 saturated carbocycles. The molecule has 78 valence electrons. The van der Waals surface area contributed by atoms with Crippen molar-refractivity contribution in [2.75, 3.05) is 0 Å². The molecule has 0 saturated heterocycles. The van der Waals surface area contributed by atoms with E-state index in [9.17, 15) is 18.0 Å². The lowest BCUT2D eigenvalue weighted by Crippen LogP contribution is -2.11. The van der Waals surface area contributed by atoms with Crippen LogP contribution in [0.5, 0.6) is 0 Å². The van der Waals surface area contributed by atoms with Gasteiger partial charge in [-0.2, -0.15) is 13.2 Å². The maximum atomic E-state index is 11.8. The topological polar surface area (TPSA) is 22.0 Å². The van der Waals surface area contributed by atoms with Crippen LogP contribution in [-0.2, 0) is 6.54 Å². The van der Waals surface area contributed by atoms with Gasteiger partial charge < -0.3 is 4.57 Å². The summed E-state index contributed by atoms with van der Waals surface area (Å²) in [6.07, 6.45) is -2.13. The van der Waals surface area contributed by atoms with E-state index >= 15 is 0 Å². The fourth-order valence-electron chi connectivity index (χ4n) is 1.04. The van der Waals surface area contributed by atoms with Gasteiger partial charge in [-0.3, -0.25) is 4.79 Å². The second-order valence-corrected chi connectivity index (χ2v) is 3.06. The number of Topliss-reactive ketones (excluding diaryl/α,β-unsaturated/α-hetero) is 1. The number of rotatable bonds is 3. The van der Waals surface area contributed by atoms with E-state index in [1.807, 2.05) is 0 Å². The molecule has 1 aromatic rings. The third-order valence-corrected chi connectivity index (χ3v) is 1.81. The van der Waals surface area contributed by atoms with Crippen molar-refractivity contribution in [3.8, 4) is 0 Å². The molecule has 0 atom stereocenters. The maximum absolute atomic E-state index is 11.8. The Hall–Kier alpha value is -1.26. The Labute approximate surface area is 79.3 Å². The van der Waals surface area contributed by atoms with Crippen molar-refractivity contribution in [3.05, 3.63) is 24.0 Å². The van der Waals surface area contributed by atoms with Gasteiger partial charge in [-0.15, -0.1) is 0 Å². The molecular weight excluding hydrogens is 195 g/mol. The number of alkyl halides is 3. The van der Waals surface area contributed by atoms with Crippen LogP contribution in [0.25, 0.3) is 0 Å². The predicted octanol–water partition coefficient (Wildman–Crippen LogP) is 2.64. The van der Waals surface area contributed by atoms with E-state index in [2.05, 4.69) is 0 Å². The summed E-state index contributed by atoms with van der Waals surface area (Å²) in [5.41, 5.74) is 0.437. The number of carbonyl (C=O) groups excluding carboxylic acids is 1. The minimum atomic E-state index is -4.15. The van der Waals surface area contributed by atoms with Crippen molar-refractivity contribution in [2.45, 2.75) is 26.1 Å². The summed E-state index contributed by atoms with van der Waals surface area (Å²) < 4.78 is 36.8. The Bertz CT molecular complexity index is 327. The van der Waals surface area contributed by atoms with Gasteiger partial charge in [-0.25, -0.2) is 0 Å². The Morgan fingerprint density at radius 3 is 2.57 bits per heavy atom. The molecule has 0 aliphatic carbocycles. The number of nitrogens with zero attached hydrogens (tertiary/aromatic N) is 1. The number of aromatic nitrogens is 1. The van der Waals surface area contributed by atoms with Crippen molar-refractivity contribution < 1.29 is 18.0 Å². The van der Waals surface area contributed by atoms with Crippen LogP contribution in [0.1, 0.15) is 23.7 Å². The molecule has 0 spiro atoms. The zero-order valence-electron chi connectivity index (χ0n) is 7.64. The second-order valence-electron chi connectivity index (χ2n) is 3.06. The fraction of sp³-hybridized carbons (Fsp3) is 0.444. The molecule has 5 heteroatoms. The Morgan fingerprint density at radius 2 is 2.14 bits per heavy atom. The Balaban J connectivity index is 2.56. The first-order chi connectivity index (χ1) is 6.38. The minimum absolute atomic E-state index is 0.142. The third kappa shape index (κ3) is 3.24. The van der Waals surface area contributed by atoms with Crippen LogP contribution in [-0.4, -0.2) is 16.5 Å². The normalized spacial score (nSPS) is 11.7. The monoisotopic (exact) mass is 205 g/mol. The molecule has 0 fully saturated rings. The van der Waals surface area contributed by atoms with Gasteiger partial charge in [0.25, 0.3) is 0 Å². The number of hydrogen-bond acceptors (Lipinski definition) is 1. The fourth-order valence-corrected chi connectivity index (χ4v) is 1.04. The molecule has 0 aliphatic rings. The lowest BCUT2D eigenvalue weighted by molar-refractivity contribution is -0.136. The van der Waals surface area contributed by atoms with E-state index in [4.69, 9.17) is 0 Å². The van der Waals surface area contributed by atoms with E-state index in [0.717, 1.165) is 0 Å². The average molecular weight is 205 g/mol. The maximum Gasteiger partial charge on any atom is 0.390 e. The van der Waals surface area contributed by atoms with Gasteiger partial charge >= 0.3 is 6.18 Å². The number of hydrogen-bond donors (Lipinski definition) is 0. The van der Waals surface area contributed by atoms with Crippen molar-refractivity contribution in [3.63, 3.8) is 0 Å². The molecular formula is C9H10F3NO. The largest absolute Gasteiger partial charge is 0.390 e. The van der Waals surface area contributed by atoms with Gasteiger partial charge in [0.15, 0.2) is 5.78 Å². The molecule has 0 unspecified atom stereocenters. The first-order valence-corrected chi connectivity index (χ1v) is 4.12. The molecule has 1 aromatic heterocycles. The van der Waals surface area contributed by atoms with E-state index in [0.29, 0.717) is 5.56 Å². The van der Waals surface area contributed by atoms with Gasteiger partial charge in [0.1, 0.15) is 0 Å². The summed E-state index contributed by atoms with van der Waals surface area (Å²) in [5.74, 6) is -0.143. The average Bonchev–Trinajstić information content (AvgIpc) is 2.47. The third-order valence-electron chi connectivity index (χ3n) is 1.81. The van der Waals surface area contributed by atoms with Crippen LogP contribution in [0.2, 0.25) is 0 Å². The molecule has 0 aliphatic heterocycles. The lowest BCUT2D eigenvalue weighted by Gasteiger charge is -2.06. The predicted molar refractivity (Wildman–Crippen MR) is 45.1 cm³/mol. The van der Waals surface area contributed by atoms with E-state index in [1.165, 1.54) is 30.0 Å². The van der Waals surface area contributed by atoms with Crippen molar-refractivity contribution in [2.24, 2.45) is 0 Å². The highest BCUT2D eigenvalue weighted by Crippen LogP contribution is 2.20. The Morgan fingerprint density at radius 1 is 1.50 bits per heavy atom. The zero-order chi connectivity index (χ0) is 10.8. The summed E-state index contributed by atoms with van der Waals surface area (Å²) in [6, 6.07) is 1.51. The Kier molecular flexibility index (Phi) is 2.98. The summed E-state index contributed by atoms with van der Waals surface area (Å²) in [7, 11) is 0. The molecule has 0 N–H and O–H groups in total. The summed E-state index contributed by atoms with van der Waals surface area (Å²) in [6.45, 7) is 1.24. The molecule has 0 aromatic carbocycles. The van der Waals surface area contributed by atoms with Crippen molar-refractivity contribution in [1.29, 1.82) is 0 Å². The highest BCUT2D eigenvalue weighted by Gasteiger charge is 2.26. The molecule has 14 heavy (non-hydrogen) atoms. The van der Waals surface area contributed by atoms with Crippen LogP contribution >= 0.6 is 0 Å². The van der Waals surface area contributed by atoms with Gasteiger partial charge in [0.05, 0.1) is 6.42 Å². The highest BCUT2D eigenvalue weighted by molar-refractivity contribution is 5.93. The van der Waals surface area contributed by atoms with Crippen LogP contribution < -0.4 is 0 Å². The molecule has 0 amide bonds. The van der Waals surface area contributed by atoms with Crippen LogP contribution in [0.3, 0.4) is 0 Å². The summed E-state index contributed by atoms with van der Waals surface area (Å²) in [5, 5.41) is 0. The number of halogens is 3. The smallest absolute Gasteiger partial charge is 0.353 e. The minimum Gasteiger partial charge on any atom is -0.353 e. The SMILES string of the molecule is CC(=O)c1ccn(CCC(F)(F)F)c1. The van der Waals surface area contributed by atoms with E-state index in [-0.39, 0.29) is 12.3 Å². The van der Waals surface area contributed by atoms with Crippen LogP contribution in [0.4, 0.5) is 13.2 Å². The van der Waals surface area contributed by atoms with Gasteiger partial charge in [-0.05, 0) is 13.0 Å². The quantitative estimate of drug-likeness (QED) is 0.695. The van der Waals surface area contributed by atoms with Crippen molar-refractivity contribution in [1.82, 2.24) is 4.57 Å². The number of ketones is 1. The van der Waals surface area contributed by atoms with E-state index < -0.39 is 12.6 Å². The second kappa shape index (κ2) is 3.86. The van der Waals surface area contributed by atoms with Crippen LogP contribution in [0.15, 0.2) is 18.5 Å². The highest BCUT2D eigenvalue weighted by atomic mass is 19.4. The standard InChI is InChI=1S/C9H10F3NO/c1-7(14)8-2-4-13(6-8)5-3-9(10,11)12/h2,4,6H,3,5H2,1H3. The first kappa shape index (κ1) is 10.8. The number of aryl methyl sites for hydroxylation is 1. The molecule has 0 radical (unpaired) electrons. The lowest BCUT2D eigenvalue weighted by atomic mass is 10.2. The molecule has 1 rings (SSSR count). The number of carbonyl (C=O) groups is 1. The molecule has 0 bridgehead atoms. The van der Waals surface area contributed by atoms with Crippen LogP contribution in [0, 0.1) is 0 Å². The summed E-state index contributed by atoms with van der Waals surface area (Å²) >= 11 is 0. The zero-order valence-corrected chi connectivity index (χ0v) is 7.64.